The zero-order valence-corrected chi connectivity index (χ0v) is 26.4. The number of para-hydroxylation sites is 1. The van der Waals surface area contributed by atoms with Crippen LogP contribution in [0.2, 0.25) is 0 Å². The lowest BCUT2D eigenvalue weighted by Gasteiger charge is -2.33. The normalized spacial score (nSPS) is 17.4. The summed E-state index contributed by atoms with van der Waals surface area (Å²) in [5.41, 5.74) is 9.99. The number of amides is 2. The third-order valence-electron chi connectivity index (χ3n) is 8.31. The van der Waals surface area contributed by atoms with Gasteiger partial charge < -0.3 is 30.0 Å². The smallest absolute Gasteiger partial charge is 0.407 e. The van der Waals surface area contributed by atoms with Crippen molar-refractivity contribution in [2.45, 2.75) is 71.1 Å². The molecule has 2 aliphatic rings. The predicted molar refractivity (Wildman–Crippen MR) is 173 cm³/mol. The number of carbonyl (C=O) groups excluding carboxylic acids is 2. The van der Waals surface area contributed by atoms with Crippen LogP contribution < -0.4 is 15.8 Å². The van der Waals surface area contributed by atoms with Crippen molar-refractivity contribution in [1.82, 2.24) is 14.8 Å². The number of nitrogens with two attached hydrogens (primary N) is 1. The fourth-order valence-electron chi connectivity index (χ4n) is 6.17. The summed E-state index contributed by atoms with van der Waals surface area (Å²) in [4.78, 5) is 29.2. The van der Waals surface area contributed by atoms with Gasteiger partial charge in [0.1, 0.15) is 11.9 Å². The number of ether oxygens (including phenoxy) is 2. The number of nitrogens with one attached hydrogen (secondary N) is 1. The number of piperidine rings is 1. The highest BCUT2D eigenvalue weighted by Crippen LogP contribution is 2.46. The van der Waals surface area contributed by atoms with Crippen LogP contribution in [0.5, 0.6) is 5.75 Å². The summed E-state index contributed by atoms with van der Waals surface area (Å²) in [5, 5.41) is 5.11. The quantitative estimate of drug-likeness (QED) is 0.238. The molecular formula is C34H42N4O4S. The number of likely N-dealkylation sites (tertiary alicyclic amines) is 1. The average Bonchev–Trinajstić information content (AvgIpc) is 3.62. The number of aromatic nitrogens is 1. The Morgan fingerprint density at radius 1 is 1.12 bits per heavy atom. The summed E-state index contributed by atoms with van der Waals surface area (Å²) in [6.45, 7) is 8.25. The van der Waals surface area contributed by atoms with Crippen LogP contribution in [-0.4, -0.2) is 59.9 Å². The van der Waals surface area contributed by atoms with Crippen LogP contribution in [0.25, 0.3) is 31.6 Å². The highest BCUT2D eigenvalue weighted by molar-refractivity contribution is 7.22. The lowest BCUT2D eigenvalue weighted by Crippen LogP contribution is -2.47. The molecule has 8 nitrogen and oxygen atoms in total. The molecule has 2 aromatic heterocycles. The van der Waals surface area contributed by atoms with Gasteiger partial charge in [0.15, 0.2) is 0 Å². The molecule has 3 N–H and O–H groups in total. The number of fused-ring (bicyclic) bond motifs is 2. The number of hydrogen-bond acceptors (Lipinski definition) is 6. The molecule has 0 spiro atoms. The van der Waals surface area contributed by atoms with Gasteiger partial charge in [0.25, 0.3) is 5.91 Å². The summed E-state index contributed by atoms with van der Waals surface area (Å²) in [6.07, 6.45) is 3.97. The standard InChI is InChI=1S/C34H42N4O4S/c1-34(2,3)36-33(40)42-24-9-7-15-37(20-24)32(39)23-17-28(41-4)30-25(13-14-35)31(43-29(30)18-23)27-16-22-8-5-6-10-26(22)38(27)19-21-11-12-21/h5-6,8,10,16-18,21,24H,7,9,11-15,19-20,35H2,1-4H3,(H,36,40)/t24-/m1/s1. The molecular weight excluding hydrogens is 560 g/mol. The number of hydrogen-bond donors (Lipinski definition) is 2. The number of alkyl carbamates (subject to hydrolysis) is 1. The molecule has 1 atom stereocenters. The van der Waals surface area contributed by atoms with Crippen LogP contribution in [0, 0.1) is 5.92 Å². The Hall–Kier alpha value is -3.56. The van der Waals surface area contributed by atoms with Gasteiger partial charge >= 0.3 is 6.09 Å². The zero-order valence-electron chi connectivity index (χ0n) is 25.6. The molecule has 3 heterocycles. The van der Waals surface area contributed by atoms with Crippen molar-refractivity contribution in [1.29, 1.82) is 0 Å². The third kappa shape index (κ3) is 6.24. The molecule has 1 saturated heterocycles. The van der Waals surface area contributed by atoms with Crippen molar-refractivity contribution in [2.75, 3.05) is 26.7 Å². The van der Waals surface area contributed by atoms with Crippen molar-refractivity contribution < 1.29 is 19.1 Å². The molecule has 43 heavy (non-hydrogen) atoms. The van der Waals surface area contributed by atoms with Gasteiger partial charge in [-0.15, -0.1) is 11.3 Å². The van der Waals surface area contributed by atoms with E-state index in [0.29, 0.717) is 37.4 Å². The van der Waals surface area contributed by atoms with E-state index in [4.69, 9.17) is 15.2 Å². The van der Waals surface area contributed by atoms with E-state index in [2.05, 4.69) is 40.2 Å². The van der Waals surface area contributed by atoms with E-state index >= 15 is 0 Å². The molecule has 1 aliphatic heterocycles. The second kappa shape index (κ2) is 11.8. The van der Waals surface area contributed by atoms with Crippen molar-refractivity contribution in [2.24, 2.45) is 11.7 Å². The van der Waals surface area contributed by atoms with Crippen LogP contribution >= 0.6 is 11.3 Å². The van der Waals surface area contributed by atoms with Crippen LogP contribution in [0.1, 0.15) is 62.4 Å². The van der Waals surface area contributed by atoms with Gasteiger partial charge in [-0.2, -0.15) is 0 Å². The minimum Gasteiger partial charge on any atom is -0.496 e. The largest absolute Gasteiger partial charge is 0.496 e. The van der Waals surface area contributed by atoms with Crippen LogP contribution in [0.4, 0.5) is 4.79 Å². The first-order valence-electron chi connectivity index (χ1n) is 15.4. The Kier molecular flexibility index (Phi) is 8.13. The maximum Gasteiger partial charge on any atom is 0.407 e. The van der Waals surface area contributed by atoms with E-state index < -0.39 is 6.09 Å². The zero-order chi connectivity index (χ0) is 30.3. The number of carbonyl (C=O) groups is 2. The lowest BCUT2D eigenvalue weighted by atomic mass is 10.0. The topological polar surface area (TPSA) is 98.8 Å². The van der Waals surface area contributed by atoms with Crippen LogP contribution in [-0.2, 0) is 17.7 Å². The van der Waals surface area contributed by atoms with Crippen molar-refractivity contribution in [3.63, 3.8) is 0 Å². The van der Waals surface area contributed by atoms with E-state index in [1.54, 1.807) is 23.3 Å². The summed E-state index contributed by atoms with van der Waals surface area (Å²) in [7, 11) is 1.66. The van der Waals surface area contributed by atoms with Crippen molar-refractivity contribution in [3.8, 4) is 16.3 Å². The van der Waals surface area contributed by atoms with Gasteiger partial charge in [-0.05, 0) is 95.2 Å². The second-order valence-electron chi connectivity index (χ2n) is 12.9. The Balaban J connectivity index is 1.35. The molecule has 1 saturated carbocycles. The average molecular weight is 603 g/mol. The van der Waals surface area contributed by atoms with Crippen LogP contribution in [0.3, 0.4) is 0 Å². The fraction of sp³-hybridized carbons (Fsp3) is 0.471. The molecule has 6 rings (SSSR count). The number of rotatable bonds is 8. The fourth-order valence-corrected chi connectivity index (χ4v) is 7.50. The van der Waals surface area contributed by atoms with Gasteiger partial charge in [-0.25, -0.2) is 4.79 Å². The van der Waals surface area contributed by atoms with E-state index in [0.717, 1.165) is 35.4 Å². The van der Waals surface area contributed by atoms with E-state index in [-0.39, 0.29) is 17.6 Å². The molecule has 4 aromatic rings. The minimum absolute atomic E-state index is 0.0806. The molecule has 9 heteroatoms. The third-order valence-corrected chi connectivity index (χ3v) is 9.51. The summed E-state index contributed by atoms with van der Waals surface area (Å²) >= 11 is 1.71. The Bertz CT molecular complexity index is 1660. The molecule has 228 valence electrons. The van der Waals surface area contributed by atoms with Crippen molar-refractivity contribution >= 4 is 44.3 Å². The van der Waals surface area contributed by atoms with E-state index in [9.17, 15) is 9.59 Å². The molecule has 0 radical (unpaired) electrons. The lowest BCUT2D eigenvalue weighted by molar-refractivity contribution is 0.0322. The first-order valence-corrected chi connectivity index (χ1v) is 16.2. The van der Waals surface area contributed by atoms with Gasteiger partial charge in [-0.3, -0.25) is 4.79 Å². The highest BCUT2D eigenvalue weighted by Gasteiger charge is 2.30. The molecule has 2 fully saturated rings. The van der Waals surface area contributed by atoms with Crippen LogP contribution in [0.15, 0.2) is 42.5 Å². The number of benzene rings is 2. The van der Waals surface area contributed by atoms with E-state index in [1.165, 1.54) is 39.9 Å². The SMILES string of the molecule is COc1cc(C(=O)N2CCC[C@@H](OC(=O)NC(C)(C)C)C2)cc2sc(-c3cc4ccccc4n3CC3CC3)c(CCN)c12. The highest BCUT2D eigenvalue weighted by atomic mass is 32.1. The minimum atomic E-state index is -0.451. The van der Waals surface area contributed by atoms with Gasteiger partial charge in [-0.1, -0.05) is 18.2 Å². The number of nitrogens with zero attached hydrogens (tertiary/aromatic N) is 2. The Morgan fingerprint density at radius 2 is 1.91 bits per heavy atom. The van der Waals surface area contributed by atoms with Crippen molar-refractivity contribution in [3.05, 3.63) is 53.6 Å². The van der Waals surface area contributed by atoms with E-state index in [1.807, 2.05) is 32.9 Å². The van der Waals surface area contributed by atoms with Gasteiger partial charge in [0.05, 0.1) is 24.2 Å². The molecule has 1 aliphatic carbocycles. The van der Waals surface area contributed by atoms with Gasteiger partial charge in [0.2, 0.25) is 0 Å². The second-order valence-corrected chi connectivity index (χ2v) is 14.0. The maximum absolute atomic E-state index is 13.9. The first kappa shape index (κ1) is 29.5. The number of thiophene rings is 1. The monoisotopic (exact) mass is 602 g/mol. The summed E-state index contributed by atoms with van der Waals surface area (Å²) < 4.78 is 15.1. The maximum atomic E-state index is 13.9. The Morgan fingerprint density at radius 3 is 2.63 bits per heavy atom. The van der Waals surface area contributed by atoms with Gasteiger partial charge in [0, 0.05) is 45.2 Å². The number of methoxy groups -OCH3 is 1. The molecule has 2 amide bonds. The molecule has 2 aromatic carbocycles. The molecule has 0 bridgehead atoms. The summed E-state index contributed by atoms with van der Waals surface area (Å²) in [6, 6.07) is 14.7. The molecule has 0 unspecified atom stereocenters. The predicted octanol–water partition coefficient (Wildman–Crippen LogP) is 6.57. The Labute approximate surface area is 257 Å². The first-order chi connectivity index (χ1) is 20.6. The summed E-state index contributed by atoms with van der Waals surface area (Å²) in [5.74, 6) is 1.33.